The molecule has 1 heterocycles. The average molecular weight is 266 g/mol. The highest BCUT2D eigenvalue weighted by molar-refractivity contribution is 7.11. The van der Waals surface area contributed by atoms with Gasteiger partial charge in [-0.3, -0.25) is 0 Å². The van der Waals surface area contributed by atoms with Crippen LogP contribution < -0.4 is 5.32 Å². The van der Waals surface area contributed by atoms with Crippen LogP contribution >= 0.6 is 11.3 Å². The van der Waals surface area contributed by atoms with E-state index in [0.717, 1.165) is 22.9 Å². The summed E-state index contributed by atoms with van der Waals surface area (Å²) < 4.78 is 36.7. The van der Waals surface area contributed by atoms with Gasteiger partial charge in [0.25, 0.3) is 0 Å². The van der Waals surface area contributed by atoms with Gasteiger partial charge in [-0.15, -0.1) is 11.3 Å². The number of halogens is 3. The standard InChI is InChI=1S/C11H17F3N2S/c1-3-6-15-9(4-5-11(12,13)14)10-7-16-8(2)17-10/h7,9,15H,3-6H2,1-2H3. The minimum atomic E-state index is -4.09. The number of hydrogen-bond donors (Lipinski definition) is 1. The van der Waals surface area contributed by atoms with Gasteiger partial charge >= 0.3 is 6.18 Å². The molecular formula is C11H17F3N2S. The maximum Gasteiger partial charge on any atom is 0.389 e. The molecular weight excluding hydrogens is 249 g/mol. The summed E-state index contributed by atoms with van der Waals surface area (Å²) in [6.07, 6.45) is -2.20. The van der Waals surface area contributed by atoms with Gasteiger partial charge in [0.2, 0.25) is 0 Å². The van der Waals surface area contributed by atoms with Crippen molar-refractivity contribution in [2.75, 3.05) is 6.54 Å². The fraction of sp³-hybridized carbons (Fsp3) is 0.727. The fourth-order valence-electron chi connectivity index (χ4n) is 1.51. The molecule has 1 N–H and O–H groups in total. The highest BCUT2D eigenvalue weighted by Gasteiger charge is 2.29. The molecule has 0 aliphatic carbocycles. The van der Waals surface area contributed by atoms with Crippen LogP contribution in [-0.2, 0) is 0 Å². The van der Waals surface area contributed by atoms with Crippen LogP contribution in [0.5, 0.6) is 0 Å². The summed E-state index contributed by atoms with van der Waals surface area (Å²) in [6, 6.07) is -0.234. The molecule has 0 bridgehead atoms. The largest absolute Gasteiger partial charge is 0.389 e. The topological polar surface area (TPSA) is 24.9 Å². The lowest BCUT2D eigenvalue weighted by Gasteiger charge is -2.17. The van der Waals surface area contributed by atoms with Crippen molar-refractivity contribution < 1.29 is 13.2 Å². The molecule has 98 valence electrons. The van der Waals surface area contributed by atoms with E-state index in [-0.39, 0.29) is 12.5 Å². The van der Waals surface area contributed by atoms with Crippen molar-refractivity contribution in [1.82, 2.24) is 10.3 Å². The molecule has 1 atom stereocenters. The van der Waals surface area contributed by atoms with Crippen LogP contribution in [0, 0.1) is 6.92 Å². The van der Waals surface area contributed by atoms with E-state index in [4.69, 9.17) is 0 Å². The Morgan fingerprint density at radius 2 is 2.18 bits per heavy atom. The van der Waals surface area contributed by atoms with Gasteiger partial charge in [0.15, 0.2) is 0 Å². The Balaban J connectivity index is 2.60. The number of nitrogens with one attached hydrogen (secondary N) is 1. The molecule has 0 spiro atoms. The minimum Gasteiger partial charge on any atom is -0.309 e. The van der Waals surface area contributed by atoms with Crippen LogP contribution in [0.2, 0.25) is 0 Å². The predicted octanol–water partition coefficient (Wildman–Crippen LogP) is 3.83. The molecule has 0 aliphatic rings. The van der Waals surface area contributed by atoms with Crippen LogP contribution in [0.3, 0.4) is 0 Å². The molecule has 1 aromatic heterocycles. The Hall–Kier alpha value is -0.620. The molecule has 0 saturated carbocycles. The Morgan fingerprint density at radius 1 is 1.47 bits per heavy atom. The highest BCUT2D eigenvalue weighted by Crippen LogP contribution is 2.29. The molecule has 0 amide bonds. The van der Waals surface area contributed by atoms with E-state index in [1.807, 2.05) is 13.8 Å². The number of rotatable bonds is 6. The maximum absolute atomic E-state index is 12.2. The monoisotopic (exact) mass is 266 g/mol. The van der Waals surface area contributed by atoms with E-state index in [1.54, 1.807) is 6.20 Å². The third-order valence-electron chi connectivity index (χ3n) is 2.34. The number of aromatic nitrogens is 1. The van der Waals surface area contributed by atoms with Crippen molar-refractivity contribution in [3.63, 3.8) is 0 Å². The lowest BCUT2D eigenvalue weighted by atomic mass is 10.1. The summed E-state index contributed by atoms with van der Waals surface area (Å²) >= 11 is 1.46. The molecule has 6 heteroatoms. The van der Waals surface area contributed by atoms with Crippen molar-refractivity contribution in [3.8, 4) is 0 Å². The van der Waals surface area contributed by atoms with E-state index in [1.165, 1.54) is 11.3 Å². The second-order valence-electron chi connectivity index (χ2n) is 3.94. The van der Waals surface area contributed by atoms with Gasteiger partial charge in [0.05, 0.1) is 5.01 Å². The molecule has 17 heavy (non-hydrogen) atoms. The van der Waals surface area contributed by atoms with E-state index in [0.29, 0.717) is 0 Å². The predicted molar refractivity (Wildman–Crippen MR) is 63.2 cm³/mol. The molecule has 1 rings (SSSR count). The van der Waals surface area contributed by atoms with Crippen molar-refractivity contribution in [3.05, 3.63) is 16.1 Å². The van der Waals surface area contributed by atoms with Crippen LogP contribution in [0.4, 0.5) is 13.2 Å². The minimum absolute atomic E-state index is 0.0745. The summed E-state index contributed by atoms with van der Waals surface area (Å²) in [7, 11) is 0. The van der Waals surface area contributed by atoms with Crippen LogP contribution in [0.15, 0.2) is 6.20 Å². The van der Waals surface area contributed by atoms with Crippen molar-refractivity contribution in [2.24, 2.45) is 0 Å². The SMILES string of the molecule is CCCNC(CCC(F)(F)F)c1cnc(C)s1. The summed E-state index contributed by atoms with van der Waals surface area (Å²) in [5.74, 6) is 0. The van der Waals surface area contributed by atoms with Gasteiger partial charge in [-0.2, -0.15) is 13.2 Å². The molecule has 0 fully saturated rings. The Labute approximate surface area is 103 Å². The smallest absolute Gasteiger partial charge is 0.309 e. The number of aryl methyl sites for hydroxylation is 1. The number of nitrogens with zero attached hydrogens (tertiary/aromatic N) is 1. The van der Waals surface area contributed by atoms with E-state index < -0.39 is 12.6 Å². The van der Waals surface area contributed by atoms with Crippen LogP contribution in [-0.4, -0.2) is 17.7 Å². The van der Waals surface area contributed by atoms with Gasteiger partial charge < -0.3 is 5.32 Å². The molecule has 1 unspecified atom stereocenters. The first-order valence-electron chi connectivity index (χ1n) is 5.65. The third-order valence-corrected chi connectivity index (χ3v) is 3.37. The zero-order valence-electron chi connectivity index (χ0n) is 9.97. The van der Waals surface area contributed by atoms with Crippen LogP contribution in [0.1, 0.15) is 42.1 Å². The quantitative estimate of drug-likeness (QED) is 0.846. The van der Waals surface area contributed by atoms with Gasteiger partial charge in [-0.1, -0.05) is 6.92 Å². The maximum atomic E-state index is 12.2. The van der Waals surface area contributed by atoms with Gasteiger partial charge in [0, 0.05) is 23.5 Å². The van der Waals surface area contributed by atoms with Crippen LogP contribution in [0.25, 0.3) is 0 Å². The molecule has 0 aromatic carbocycles. The Bertz CT molecular complexity index is 336. The summed E-state index contributed by atoms with van der Waals surface area (Å²) in [6.45, 7) is 4.57. The normalized spacial score (nSPS) is 13.9. The second kappa shape index (κ2) is 6.35. The number of alkyl halides is 3. The second-order valence-corrected chi connectivity index (χ2v) is 5.21. The van der Waals surface area contributed by atoms with Crippen molar-refractivity contribution in [1.29, 1.82) is 0 Å². The number of hydrogen-bond acceptors (Lipinski definition) is 3. The highest BCUT2D eigenvalue weighted by atomic mass is 32.1. The Kier molecular flexibility index (Phi) is 5.39. The van der Waals surface area contributed by atoms with Gasteiger partial charge in [-0.05, 0) is 26.3 Å². The van der Waals surface area contributed by atoms with Gasteiger partial charge in [-0.25, -0.2) is 4.98 Å². The first-order chi connectivity index (χ1) is 7.92. The van der Waals surface area contributed by atoms with Gasteiger partial charge in [0.1, 0.15) is 0 Å². The fourth-order valence-corrected chi connectivity index (χ4v) is 2.41. The summed E-state index contributed by atoms with van der Waals surface area (Å²) in [4.78, 5) is 4.98. The first kappa shape index (κ1) is 14.4. The van der Waals surface area contributed by atoms with E-state index >= 15 is 0 Å². The molecule has 1 aromatic rings. The average Bonchev–Trinajstić information content (AvgIpc) is 2.63. The Morgan fingerprint density at radius 3 is 2.65 bits per heavy atom. The zero-order valence-corrected chi connectivity index (χ0v) is 10.8. The molecule has 0 saturated heterocycles. The number of thiazole rings is 1. The van der Waals surface area contributed by atoms with E-state index in [9.17, 15) is 13.2 Å². The molecule has 0 radical (unpaired) electrons. The first-order valence-corrected chi connectivity index (χ1v) is 6.46. The zero-order chi connectivity index (χ0) is 12.9. The van der Waals surface area contributed by atoms with Crippen molar-refractivity contribution in [2.45, 2.75) is 45.3 Å². The summed E-state index contributed by atoms with van der Waals surface area (Å²) in [5, 5.41) is 4.03. The summed E-state index contributed by atoms with van der Waals surface area (Å²) in [5.41, 5.74) is 0. The lowest BCUT2D eigenvalue weighted by molar-refractivity contribution is -0.136. The third kappa shape index (κ3) is 5.50. The lowest BCUT2D eigenvalue weighted by Crippen LogP contribution is -2.23. The van der Waals surface area contributed by atoms with Crippen molar-refractivity contribution >= 4 is 11.3 Å². The van der Waals surface area contributed by atoms with E-state index in [2.05, 4.69) is 10.3 Å². The molecule has 0 aliphatic heterocycles. The molecule has 2 nitrogen and oxygen atoms in total.